The van der Waals surface area contributed by atoms with Crippen LogP contribution in [-0.2, 0) is 0 Å². The van der Waals surface area contributed by atoms with Gasteiger partial charge in [0.1, 0.15) is 5.15 Å². The van der Waals surface area contributed by atoms with Crippen LogP contribution in [0.25, 0.3) is 5.69 Å². The van der Waals surface area contributed by atoms with E-state index in [0.717, 1.165) is 35.6 Å². The van der Waals surface area contributed by atoms with E-state index in [2.05, 4.69) is 20.4 Å². The summed E-state index contributed by atoms with van der Waals surface area (Å²) < 4.78 is 3.86. The Bertz CT molecular complexity index is 964. The van der Waals surface area contributed by atoms with Crippen LogP contribution in [0.15, 0.2) is 35.4 Å². The Labute approximate surface area is 148 Å². The fraction of sp³-hybridized carbons (Fsp3) is 0.250. The molecular formula is C16H15ClN6S. The summed E-state index contributed by atoms with van der Waals surface area (Å²) in [6.45, 7) is 1.91. The van der Waals surface area contributed by atoms with Crippen molar-refractivity contribution in [3.8, 4) is 5.69 Å². The van der Waals surface area contributed by atoms with Crippen molar-refractivity contribution in [3.05, 3.63) is 57.3 Å². The van der Waals surface area contributed by atoms with Crippen LogP contribution in [0.3, 0.4) is 0 Å². The maximum atomic E-state index is 6.51. The second kappa shape index (κ2) is 5.99. The number of hydrogen-bond donors (Lipinski definition) is 1. The quantitative estimate of drug-likeness (QED) is 0.569. The molecule has 0 bridgehead atoms. The van der Waals surface area contributed by atoms with Gasteiger partial charge in [-0.3, -0.25) is 5.10 Å². The van der Waals surface area contributed by atoms with Crippen molar-refractivity contribution in [1.82, 2.24) is 24.7 Å². The summed E-state index contributed by atoms with van der Waals surface area (Å²) in [5.41, 5.74) is 2.48. The molecule has 122 valence electrons. The second-order valence-electron chi connectivity index (χ2n) is 5.75. The van der Waals surface area contributed by atoms with Gasteiger partial charge in [0.05, 0.1) is 23.2 Å². The third-order valence-corrected chi connectivity index (χ3v) is 4.60. The summed E-state index contributed by atoms with van der Waals surface area (Å²) >= 11 is 11.8. The lowest BCUT2D eigenvalue weighted by Crippen LogP contribution is -1.98. The normalized spacial score (nSPS) is 14.6. The van der Waals surface area contributed by atoms with Gasteiger partial charge in [-0.1, -0.05) is 29.8 Å². The first-order valence-corrected chi connectivity index (χ1v) is 8.46. The highest BCUT2D eigenvalue weighted by molar-refractivity contribution is 7.71. The molecule has 2 aromatic heterocycles. The van der Waals surface area contributed by atoms with Crippen LogP contribution in [-0.4, -0.2) is 30.9 Å². The molecule has 0 aliphatic heterocycles. The van der Waals surface area contributed by atoms with Crippen molar-refractivity contribution in [2.24, 2.45) is 5.10 Å². The smallest absolute Gasteiger partial charge is 0.216 e. The topological polar surface area (TPSA) is 63.8 Å². The molecule has 0 radical (unpaired) electrons. The summed E-state index contributed by atoms with van der Waals surface area (Å²) in [6, 6.07) is 9.76. The molecule has 4 rings (SSSR count). The van der Waals surface area contributed by atoms with Crippen molar-refractivity contribution in [1.29, 1.82) is 0 Å². The minimum Gasteiger partial charge on any atom is -0.250 e. The third-order valence-electron chi connectivity index (χ3n) is 3.97. The van der Waals surface area contributed by atoms with Crippen molar-refractivity contribution in [2.45, 2.75) is 25.7 Å². The van der Waals surface area contributed by atoms with Crippen LogP contribution in [0.5, 0.6) is 0 Å². The Morgan fingerprint density at radius 1 is 1.33 bits per heavy atom. The fourth-order valence-electron chi connectivity index (χ4n) is 2.53. The minimum absolute atomic E-state index is 0.443. The molecule has 8 heteroatoms. The first-order chi connectivity index (χ1) is 11.6. The van der Waals surface area contributed by atoms with Gasteiger partial charge in [-0.05, 0) is 44.1 Å². The van der Waals surface area contributed by atoms with Gasteiger partial charge in [0, 0.05) is 5.92 Å². The van der Waals surface area contributed by atoms with E-state index in [1.807, 2.05) is 37.3 Å². The summed E-state index contributed by atoms with van der Waals surface area (Å²) in [6.07, 6.45) is 3.95. The van der Waals surface area contributed by atoms with Crippen molar-refractivity contribution in [2.75, 3.05) is 0 Å². The molecule has 0 spiro atoms. The van der Waals surface area contributed by atoms with Crippen molar-refractivity contribution >= 4 is 30.0 Å². The summed E-state index contributed by atoms with van der Waals surface area (Å²) in [5, 5.41) is 16.6. The van der Waals surface area contributed by atoms with E-state index < -0.39 is 0 Å². The number of aromatic amines is 1. The number of benzene rings is 1. The lowest BCUT2D eigenvalue weighted by atomic mass is 10.3. The Kier molecular flexibility index (Phi) is 3.82. The van der Waals surface area contributed by atoms with Crippen LogP contribution in [0.1, 0.15) is 35.8 Å². The van der Waals surface area contributed by atoms with Gasteiger partial charge in [-0.25, -0.2) is 4.68 Å². The molecule has 6 nitrogen and oxygen atoms in total. The lowest BCUT2D eigenvalue weighted by Gasteiger charge is -2.02. The molecule has 3 aromatic rings. The first-order valence-electron chi connectivity index (χ1n) is 7.67. The van der Waals surface area contributed by atoms with Crippen LogP contribution in [0.2, 0.25) is 5.15 Å². The average Bonchev–Trinajstić information content (AvgIpc) is 3.31. The van der Waals surface area contributed by atoms with Crippen LogP contribution < -0.4 is 0 Å². The summed E-state index contributed by atoms with van der Waals surface area (Å²) in [4.78, 5) is 0. The molecule has 0 saturated heterocycles. The molecule has 24 heavy (non-hydrogen) atoms. The van der Waals surface area contributed by atoms with Crippen molar-refractivity contribution < 1.29 is 0 Å². The SMILES string of the molecule is Cc1nn(-c2ccccc2)c(Cl)c1/C=N/n1c(C2CC2)n[nH]c1=S. The van der Waals surface area contributed by atoms with Gasteiger partial charge in [0.25, 0.3) is 0 Å². The average molecular weight is 359 g/mol. The predicted molar refractivity (Wildman–Crippen MR) is 95.7 cm³/mol. The number of para-hydroxylation sites is 1. The van der Waals surface area contributed by atoms with Crippen LogP contribution >= 0.6 is 23.8 Å². The van der Waals surface area contributed by atoms with E-state index in [1.54, 1.807) is 15.6 Å². The number of aryl methyl sites for hydroxylation is 1. The lowest BCUT2D eigenvalue weighted by molar-refractivity contribution is 0.772. The zero-order valence-corrected chi connectivity index (χ0v) is 14.6. The molecule has 2 heterocycles. The van der Waals surface area contributed by atoms with Gasteiger partial charge in [0.2, 0.25) is 4.77 Å². The fourth-order valence-corrected chi connectivity index (χ4v) is 3.04. The van der Waals surface area contributed by atoms with Gasteiger partial charge < -0.3 is 0 Å². The van der Waals surface area contributed by atoms with Gasteiger partial charge >= 0.3 is 0 Å². The monoisotopic (exact) mass is 358 g/mol. The highest BCUT2D eigenvalue weighted by Gasteiger charge is 2.29. The van der Waals surface area contributed by atoms with E-state index in [1.165, 1.54) is 0 Å². The number of hydrogen-bond acceptors (Lipinski definition) is 4. The molecule has 1 aliphatic carbocycles. The number of nitrogens with zero attached hydrogens (tertiary/aromatic N) is 5. The Morgan fingerprint density at radius 3 is 2.79 bits per heavy atom. The molecule has 1 N–H and O–H groups in total. The maximum Gasteiger partial charge on any atom is 0.216 e. The highest BCUT2D eigenvalue weighted by Crippen LogP contribution is 2.38. The molecule has 1 aliphatic rings. The second-order valence-corrected chi connectivity index (χ2v) is 6.50. The maximum absolute atomic E-state index is 6.51. The van der Waals surface area contributed by atoms with Crippen LogP contribution in [0, 0.1) is 11.7 Å². The third kappa shape index (κ3) is 2.70. The van der Waals surface area contributed by atoms with Gasteiger partial charge in [-0.15, -0.1) is 0 Å². The van der Waals surface area contributed by atoms with Crippen molar-refractivity contribution in [3.63, 3.8) is 0 Å². The first kappa shape index (κ1) is 15.3. The van der Waals surface area contributed by atoms with E-state index in [9.17, 15) is 0 Å². The predicted octanol–water partition coefficient (Wildman–Crippen LogP) is 3.85. The van der Waals surface area contributed by atoms with E-state index in [-0.39, 0.29) is 0 Å². The van der Waals surface area contributed by atoms with E-state index in [0.29, 0.717) is 15.8 Å². The molecule has 0 unspecified atom stereocenters. The molecule has 0 atom stereocenters. The molecular weight excluding hydrogens is 344 g/mol. The summed E-state index contributed by atoms with van der Waals surface area (Å²) in [7, 11) is 0. The zero-order valence-electron chi connectivity index (χ0n) is 13.0. The van der Waals surface area contributed by atoms with Crippen LogP contribution in [0.4, 0.5) is 0 Å². The molecule has 0 amide bonds. The number of nitrogens with one attached hydrogen (secondary N) is 1. The highest BCUT2D eigenvalue weighted by atomic mass is 35.5. The molecule has 1 aromatic carbocycles. The number of aromatic nitrogens is 5. The van der Waals surface area contributed by atoms with Gasteiger partial charge in [-0.2, -0.15) is 20.0 Å². The Balaban J connectivity index is 1.72. The standard InChI is InChI=1S/C16H15ClN6S/c1-10-13(14(17)22(21-10)12-5-3-2-4-6-12)9-18-23-15(11-7-8-11)19-20-16(23)24/h2-6,9,11H,7-8H2,1H3,(H,20,24)/b18-9+. The van der Waals surface area contributed by atoms with E-state index >= 15 is 0 Å². The Hall–Kier alpha value is -2.25. The van der Waals surface area contributed by atoms with Gasteiger partial charge in [0.15, 0.2) is 5.82 Å². The van der Waals surface area contributed by atoms with E-state index in [4.69, 9.17) is 23.8 Å². The Morgan fingerprint density at radius 2 is 2.08 bits per heavy atom. The zero-order chi connectivity index (χ0) is 16.7. The number of halogens is 1. The largest absolute Gasteiger partial charge is 0.250 e. The number of rotatable bonds is 4. The molecule has 1 saturated carbocycles. The minimum atomic E-state index is 0.443. The summed E-state index contributed by atoms with van der Waals surface area (Å²) in [5.74, 6) is 1.32. The molecule has 1 fully saturated rings. The number of H-pyrrole nitrogens is 1.